The molecule has 5 rings (SSSR count). The third kappa shape index (κ3) is 5.31. The van der Waals surface area contributed by atoms with Crippen molar-refractivity contribution in [3.8, 4) is 11.1 Å². The van der Waals surface area contributed by atoms with Gasteiger partial charge in [-0.3, -0.25) is 0 Å². The van der Waals surface area contributed by atoms with Crippen LogP contribution in [0.4, 0.5) is 22.7 Å². The standard InChI is InChI=1S/C31H26N2/c1-4-12-25(13-5-1)31-19-11-10-14-26(31)20-24-21-29(32-27-15-6-2-7-16-27)23-30(22-24)33-28-17-8-3-9-18-28/h1-19,21-23,32-33H,20H2. The highest BCUT2D eigenvalue weighted by Crippen LogP contribution is 2.30. The van der Waals surface area contributed by atoms with Crippen molar-refractivity contribution in [2.45, 2.75) is 6.42 Å². The summed E-state index contributed by atoms with van der Waals surface area (Å²) in [6.07, 6.45) is 0.846. The lowest BCUT2D eigenvalue weighted by molar-refractivity contribution is 1.19. The number of hydrogen-bond donors (Lipinski definition) is 2. The molecule has 2 heteroatoms. The number of anilines is 4. The van der Waals surface area contributed by atoms with Crippen molar-refractivity contribution >= 4 is 22.7 Å². The normalized spacial score (nSPS) is 10.5. The SMILES string of the molecule is c1ccc(Nc2cc(Cc3ccccc3-c3ccccc3)cc(Nc3ccccc3)c2)cc1. The largest absolute Gasteiger partial charge is 0.355 e. The Balaban J connectivity index is 1.50. The predicted octanol–water partition coefficient (Wildman–Crippen LogP) is 8.43. The van der Waals surface area contributed by atoms with Crippen LogP contribution in [0.2, 0.25) is 0 Å². The van der Waals surface area contributed by atoms with Gasteiger partial charge in [-0.25, -0.2) is 0 Å². The maximum absolute atomic E-state index is 3.56. The first-order valence-corrected chi connectivity index (χ1v) is 11.2. The fourth-order valence-corrected chi connectivity index (χ4v) is 4.11. The lowest BCUT2D eigenvalue weighted by atomic mass is 9.94. The van der Waals surface area contributed by atoms with Crippen molar-refractivity contribution in [2.24, 2.45) is 0 Å². The molecule has 160 valence electrons. The summed E-state index contributed by atoms with van der Waals surface area (Å²) in [4.78, 5) is 0. The zero-order chi connectivity index (χ0) is 22.3. The molecule has 0 saturated heterocycles. The zero-order valence-electron chi connectivity index (χ0n) is 18.4. The topological polar surface area (TPSA) is 24.1 Å². The van der Waals surface area contributed by atoms with Gasteiger partial charge in [0, 0.05) is 22.7 Å². The minimum absolute atomic E-state index is 0.846. The zero-order valence-corrected chi connectivity index (χ0v) is 18.4. The minimum atomic E-state index is 0.846. The van der Waals surface area contributed by atoms with Crippen LogP contribution in [0, 0.1) is 0 Å². The van der Waals surface area contributed by atoms with Gasteiger partial charge in [0.1, 0.15) is 0 Å². The molecule has 5 aromatic rings. The first kappa shape index (κ1) is 20.6. The molecule has 0 aliphatic carbocycles. The summed E-state index contributed by atoms with van der Waals surface area (Å²) in [5.41, 5.74) is 9.36. The van der Waals surface area contributed by atoms with Gasteiger partial charge in [-0.05, 0) is 71.1 Å². The molecule has 0 unspecified atom stereocenters. The lowest BCUT2D eigenvalue weighted by Gasteiger charge is -2.15. The molecule has 2 nitrogen and oxygen atoms in total. The Labute approximate surface area is 195 Å². The Kier molecular flexibility index (Phi) is 6.17. The second-order valence-electron chi connectivity index (χ2n) is 8.10. The Morgan fingerprint density at radius 1 is 0.424 bits per heavy atom. The lowest BCUT2D eigenvalue weighted by Crippen LogP contribution is -1.98. The van der Waals surface area contributed by atoms with E-state index in [0.717, 1.165) is 29.2 Å². The van der Waals surface area contributed by atoms with Gasteiger partial charge in [0.05, 0.1) is 0 Å². The van der Waals surface area contributed by atoms with Gasteiger partial charge in [-0.1, -0.05) is 91.0 Å². The van der Waals surface area contributed by atoms with E-state index in [4.69, 9.17) is 0 Å². The van der Waals surface area contributed by atoms with Crippen molar-refractivity contribution in [3.63, 3.8) is 0 Å². The summed E-state index contributed by atoms with van der Waals surface area (Å²) in [6, 6.07) is 46.5. The second-order valence-corrected chi connectivity index (χ2v) is 8.10. The van der Waals surface area contributed by atoms with Crippen LogP contribution in [0.15, 0.2) is 133 Å². The van der Waals surface area contributed by atoms with Crippen LogP contribution < -0.4 is 10.6 Å². The second kappa shape index (κ2) is 9.88. The Hall–Kier alpha value is -4.30. The molecule has 33 heavy (non-hydrogen) atoms. The molecule has 0 atom stereocenters. The van der Waals surface area contributed by atoms with E-state index in [-0.39, 0.29) is 0 Å². The third-order valence-electron chi connectivity index (χ3n) is 5.61. The van der Waals surface area contributed by atoms with E-state index in [1.54, 1.807) is 0 Å². The summed E-state index contributed by atoms with van der Waals surface area (Å²) in [5.74, 6) is 0. The van der Waals surface area contributed by atoms with Gasteiger partial charge in [-0.2, -0.15) is 0 Å². The van der Waals surface area contributed by atoms with Crippen LogP contribution in [0.25, 0.3) is 11.1 Å². The molecule has 0 aliphatic rings. The molecule has 0 aliphatic heterocycles. The van der Waals surface area contributed by atoms with Crippen LogP contribution >= 0.6 is 0 Å². The van der Waals surface area contributed by atoms with Crippen molar-refractivity contribution in [2.75, 3.05) is 10.6 Å². The summed E-state index contributed by atoms with van der Waals surface area (Å²) < 4.78 is 0. The smallest absolute Gasteiger partial charge is 0.0407 e. The van der Waals surface area contributed by atoms with E-state index < -0.39 is 0 Å². The molecule has 0 heterocycles. The predicted molar refractivity (Wildman–Crippen MR) is 141 cm³/mol. The van der Waals surface area contributed by atoms with E-state index in [1.165, 1.54) is 22.3 Å². The van der Waals surface area contributed by atoms with Crippen LogP contribution in [0.3, 0.4) is 0 Å². The molecule has 0 radical (unpaired) electrons. The van der Waals surface area contributed by atoms with Gasteiger partial charge < -0.3 is 10.6 Å². The van der Waals surface area contributed by atoms with Gasteiger partial charge in [-0.15, -0.1) is 0 Å². The minimum Gasteiger partial charge on any atom is -0.355 e. The van der Waals surface area contributed by atoms with Gasteiger partial charge in [0.25, 0.3) is 0 Å². The van der Waals surface area contributed by atoms with Crippen molar-refractivity contribution in [3.05, 3.63) is 145 Å². The summed E-state index contributed by atoms with van der Waals surface area (Å²) >= 11 is 0. The van der Waals surface area contributed by atoms with E-state index >= 15 is 0 Å². The quantitative estimate of drug-likeness (QED) is 0.273. The van der Waals surface area contributed by atoms with Gasteiger partial charge in [0.15, 0.2) is 0 Å². The molecule has 0 fully saturated rings. The Morgan fingerprint density at radius 2 is 0.909 bits per heavy atom. The van der Waals surface area contributed by atoms with Crippen LogP contribution in [0.5, 0.6) is 0 Å². The average Bonchev–Trinajstić information content (AvgIpc) is 2.86. The molecule has 0 amide bonds. The molecule has 0 aromatic heterocycles. The van der Waals surface area contributed by atoms with Gasteiger partial charge >= 0.3 is 0 Å². The summed E-state index contributed by atoms with van der Waals surface area (Å²) in [5, 5.41) is 7.13. The van der Waals surface area contributed by atoms with E-state index in [9.17, 15) is 0 Å². The van der Waals surface area contributed by atoms with Crippen molar-refractivity contribution in [1.82, 2.24) is 0 Å². The fraction of sp³-hybridized carbons (Fsp3) is 0.0323. The van der Waals surface area contributed by atoms with Crippen LogP contribution in [-0.2, 0) is 6.42 Å². The Morgan fingerprint density at radius 3 is 1.48 bits per heavy atom. The molecular weight excluding hydrogens is 400 g/mol. The molecule has 2 N–H and O–H groups in total. The molecule has 0 spiro atoms. The number of hydrogen-bond acceptors (Lipinski definition) is 2. The molecule has 0 saturated carbocycles. The molecule has 0 bridgehead atoms. The summed E-state index contributed by atoms with van der Waals surface area (Å²) in [7, 11) is 0. The Bertz CT molecular complexity index is 1250. The highest BCUT2D eigenvalue weighted by Gasteiger charge is 2.08. The van der Waals surface area contributed by atoms with E-state index in [1.807, 2.05) is 36.4 Å². The number of nitrogens with one attached hydrogen (secondary N) is 2. The fourth-order valence-electron chi connectivity index (χ4n) is 4.11. The van der Waals surface area contributed by atoms with Gasteiger partial charge in [0.2, 0.25) is 0 Å². The highest BCUT2D eigenvalue weighted by atomic mass is 14.9. The number of rotatable bonds is 7. The van der Waals surface area contributed by atoms with E-state index in [0.29, 0.717) is 0 Å². The van der Waals surface area contributed by atoms with E-state index in [2.05, 4.69) is 108 Å². The van der Waals surface area contributed by atoms with Crippen molar-refractivity contribution < 1.29 is 0 Å². The molecular formula is C31H26N2. The maximum Gasteiger partial charge on any atom is 0.0407 e. The number of benzene rings is 5. The monoisotopic (exact) mass is 426 g/mol. The summed E-state index contributed by atoms with van der Waals surface area (Å²) in [6.45, 7) is 0. The first-order valence-electron chi connectivity index (χ1n) is 11.2. The third-order valence-corrected chi connectivity index (χ3v) is 5.61. The number of para-hydroxylation sites is 2. The maximum atomic E-state index is 3.56. The first-order chi connectivity index (χ1) is 16.3. The highest BCUT2D eigenvalue weighted by molar-refractivity contribution is 5.71. The molecule has 5 aromatic carbocycles. The average molecular weight is 427 g/mol. The van der Waals surface area contributed by atoms with Crippen LogP contribution in [-0.4, -0.2) is 0 Å². The van der Waals surface area contributed by atoms with Crippen LogP contribution in [0.1, 0.15) is 11.1 Å². The van der Waals surface area contributed by atoms with Crippen molar-refractivity contribution in [1.29, 1.82) is 0 Å².